The molecule has 2 heterocycles. The second-order valence-electron chi connectivity index (χ2n) is 4.51. The van der Waals surface area contributed by atoms with Crippen LogP contribution >= 0.6 is 0 Å². The molecule has 20 heavy (non-hydrogen) atoms. The Morgan fingerprint density at radius 1 is 1.40 bits per heavy atom. The van der Waals surface area contributed by atoms with Crippen LogP contribution in [-0.4, -0.2) is 28.0 Å². The first-order chi connectivity index (χ1) is 9.76. The summed E-state index contributed by atoms with van der Waals surface area (Å²) in [6, 6.07) is 7.11. The lowest BCUT2D eigenvalue weighted by atomic mass is 10.3. The molecule has 1 N–H and O–H groups in total. The zero-order valence-electron chi connectivity index (χ0n) is 11.0. The molecule has 3 rings (SSSR count). The molecule has 0 bridgehead atoms. The molecule has 1 aromatic carbocycles. The Labute approximate surface area is 116 Å². The first kappa shape index (κ1) is 12.4. The minimum atomic E-state index is -0.156. The number of rotatable bonds is 2. The second-order valence-corrected chi connectivity index (χ2v) is 4.51. The van der Waals surface area contributed by atoms with E-state index in [-0.39, 0.29) is 6.03 Å². The fourth-order valence-corrected chi connectivity index (χ4v) is 2.15. The molecule has 0 atom stereocenters. The van der Waals surface area contributed by atoms with Crippen molar-refractivity contribution in [1.82, 2.24) is 14.9 Å². The number of urea groups is 1. The summed E-state index contributed by atoms with van der Waals surface area (Å²) in [5.74, 6) is 0.707. The Balaban J connectivity index is 1.69. The number of fused-ring (bicyclic) bond motifs is 1. The van der Waals surface area contributed by atoms with Gasteiger partial charge in [-0.2, -0.15) is 0 Å². The molecule has 6 heteroatoms. The number of carbonyl (C=O) groups is 1. The first-order valence-electron chi connectivity index (χ1n) is 6.24. The number of amides is 2. The number of methoxy groups -OCH3 is 1. The summed E-state index contributed by atoms with van der Waals surface area (Å²) in [4.78, 5) is 22.0. The molecule has 0 aliphatic carbocycles. The van der Waals surface area contributed by atoms with E-state index in [1.54, 1.807) is 24.3 Å². The van der Waals surface area contributed by atoms with Crippen molar-refractivity contribution in [2.24, 2.45) is 0 Å². The third-order valence-corrected chi connectivity index (χ3v) is 3.19. The van der Waals surface area contributed by atoms with Gasteiger partial charge in [0, 0.05) is 23.5 Å². The molecule has 1 aliphatic rings. The monoisotopic (exact) mass is 270 g/mol. The number of nitrogens with zero attached hydrogens (tertiary/aromatic N) is 3. The molecule has 1 aliphatic heterocycles. The Hall–Kier alpha value is -2.63. The number of aromatic nitrogens is 2. The van der Waals surface area contributed by atoms with Crippen LogP contribution in [0.25, 0.3) is 0 Å². The van der Waals surface area contributed by atoms with Gasteiger partial charge in [0.25, 0.3) is 0 Å². The Morgan fingerprint density at radius 2 is 2.30 bits per heavy atom. The van der Waals surface area contributed by atoms with Crippen molar-refractivity contribution < 1.29 is 9.53 Å². The number of hydrogen-bond acceptors (Lipinski definition) is 4. The van der Waals surface area contributed by atoms with Crippen LogP contribution in [0.2, 0.25) is 0 Å². The van der Waals surface area contributed by atoms with E-state index in [0.29, 0.717) is 24.5 Å². The minimum absolute atomic E-state index is 0.156. The van der Waals surface area contributed by atoms with Gasteiger partial charge in [0.2, 0.25) is 0 Å². The Kier molecular flexibility index (Phi) is 3.20. The van der Waals surface area contributed by atoms with Crippen LogP contribution in [0.5, 0.6) is 5.75 Å². The van der Waals surface area contributed by atoms with Crippen LogP contribution in [0.1, 0.15) is 11.3 Å². The first-order valence-corrected chi connectivity index (χ1v) is 6.24. The van der Waals surface area contributed by atoms with E-state index < -0.39 is 0 Å². The molecular weight excluding hydrogens is 256 g/mol. The van der Waals surface area contributed by atoms with Gasteiger partial charge in [-0.15, -0.1) is 0 Å². The highest BCUT2D eigenvalue weighted by Gasteiger charge is 2.24. The standard InChI is InChI=1S/C14H14N4O2/c1-20-12-4-2-3-11(5-12)17-14(19)18-7-10-6-15-9-16-13(10)8-18/h2-6,9H,7-8H2,1H3,(H,17,19). The van der Waals surface area contributed by atoms with Gasteiger partial charge < -0.3 is 15.0 Å². The molecule has 2 amide bonds. The van der Waals surface area contributed by atoms with Gasteiger partial charge in [0.05, 0.1) is 25.9 Å². The molecular formula is C14H14N4O2. The summed E-state index contributed by atoms with van der Waals surface area (Å²) >= 11 is 0. The maximum atomic E-state index is 12.2. The van der Waals surface area contributed by atoms with E-state index >= 15 is 0 Å². The number of anilines is 1. The summed E-state index contributed by atoms with van der Waals surface area (Å²) in [6.07, 6.45) is 3.25. The van der Waals surface area contributed by atoms with Gasteiger partial charge in [-0.3, -0.25) is 0 Å². The smallest absolute Gasteiger partial charge is 0.322 e. The number of benzene rings is 1. The van der Waals surface area contributed by atoms with Gasteiger partial charge in [0.15, 0.2) is 0 Å². The van der Waals surface area contributed by atoms with Crippen molar-refractivity contribution >= 4 is 11.7 Å². The summed E-state index contributed by atoms with van der Waals surface area (Å²) in [5.41, 5.74) is 2.60. The van der Waals surface area contributed by atoms with Crippen molar-refractivity contribution in [3.8, 4) is 5.75 Å². The lowest BCUT2D eigenvalue weighted by molar-refractivity contribution is 0.212. The summed E-state index contributed by atoms with van der Waals surface area (Å²) < 4.78 is 5.13. The van der Waals surface area contributed by atoms with E-state index in [0.717, 1.165) is 11.3 Å². The Morgan fingerprint density at radius 3 is 3.10 bits per heavy atom. The van der Waals surface area contributed by atoms with Crippen molar-refractivity contribution in [3.05, 3.63) is 48.0 Å². The fraction of sp³-hybridized carbons (Fsp3) is 0.214. The quantitative estimate of drug-likeness (QED) is 0.906. The van der Waals surface area contributed by atoms with E-state index in [2.05, 4.69) is 15.3 Å². The predicted molar refractivity (Wildman–Crippen MR) is 73.3 cm³/mol. The maximum absolute atomic E-state index is 12.2. The van der Waals surface area contributed by atoms with E-state index in [9.17, 15) is 4.79 Å². The highest BCUT2D eigenvalue weighted by atomic mass is 16.5. The zero-order valence-corrected chi connectivity index (χ0v) is 11.0. The number of nitrogens with one attached hydrogen (secondary N) is 1. The average molecular weight is 270 g/mol. The normalized spacial score (nSPS) is 12.9. The van der Waals surface area contributed by atoms with Crippen LogP contribution in [0.15, 0.2) is 36.8 Å². The van der Waals surface area contributed by atoms with Crippen LogP contribution in [0, 0.1) is 0 Å². The minimum Gasteiger partial charge on any atom is -0.497 e. The molecule has 0 radical (unpaired) electrons. The van der Waals surface area contributed by atoms with Gasteiger partial charge in [-0.25, -0.2) is 14.8 Å². The third kappa shape index (κ3) is 2.40. The van der Waals surface area contributed by atoms with Gasteiger partial charge >= 0.3 is 6.03 Å². The average Bonchev–Trinajstić information content (AvgIpc) is 2.91. The largest absolute Gasteiger partial charge is 0.497 e. The predicted octanol–water partition coefficient (Wildman–Crippen LogP) is 2.03. The summed E-state index contributed by atoms with van der Waals surface area (Å²) in [7, 11) is 1.59. The van der Waals surface area contributed by atoms with Gasteiger partial charge in [0.1, 0.15) is 12.1 Å². The van der Waals surface area contributed by atoms with Crippen LogP contribution in [-0.2, 0) is 13.1 Å². The van der Waals surface area contributed by atoms with Gasteiger partial charge in [-0.1, -0.05) is 6.07 Å². The van der Waals surface area contributed by atoms with Crippen molar-refractivity contribution in [3.63, 3.8) is 0 Å². The fourth-order valence-electron chi connectivity index (χ4n) is 2.15. The highest BCUT2D eigenvalue weighted by Crippen LogP contribution is 2.21. The second kappa shape index (κ2) is 5.16. The molecule has 0 fully saturated rings. The topological polar surface area (TPSA) is 67.3 Å². The van der Waals surface area contributed by atoms with E-state index in [1.165, 1.54) is 6.33 Å². The highest BCUT2D eigenvalue weighted by molar-refractivity contribution is 5.89. The Bertz CT molecular complexity index is 620. The summed E-state index contributed by atoms with van der Waals surface area (Å²) in [5, 5.41) is 2.85. The zero-order chi connectivity index (χ0) is 13.9. The molecule has 102 valence electrons. The molecule has 0 saturated carbocycles. The molecule has 6 nitrogen and oxygen atoms in total. The molecule has 1 aromatic heterocycles. The number of ether oxygens (including phenoxy) is 1. The molecule has 2 aromatic rings. The maximum Gasteiger partial charge on any atom is 0.322 e. The molecule has 0 spiro atoms. The van der Waals surface area contributed by atoms with Crippen LogP contribution < -0.4 is 10.1 Å². The van der Waals surface area contributed by atoms with Crippen LogP contribution in [0.3, 0.4) is 0 Å². The van der Waals surface area contributed by atoms with Crippen molar-refractivity contribution in [2.45, 2.75) is 13.1 Å². The summed E-state index contributed by atoms with van der Waals surface area (Å²) in [6.45, 7) is 1.04. The lowest BCUT2D eigenvalue weighted by Crippen LogP contribution is -2.30. The van der Waals surface area contributed by atoms with E-state index in [4.69, 9.17) is 4.74 Å². The van der Waals surface area contributed by atoms with Crippen molar-refractivity contribution in [1.29, 1.82) is 0 Å². The number of carbonyl (C=O) groups excluding carboxylic acids is 1. The van der Waals surface area contributed by atoms with Crippen LogP contribution in [0.4, 0.5) is 10.5 Å². The SMILES string of the molecule is COc1cccc(NC(=O)N2Cc3cncnc3C2)c1. The lowest BCUT2D eigenvalue weighted by Gasteiger charge is -2.16. The van der Waals surface area contributed by atoms with E-state index in [1.807, 2.05) is 18.2 Å². The molecule has 0 unspecified atom stereocenters. The molecule has 0 saturated heterocycles. The van der Waals surface area contributed by atoms with Gasteiger partial charge in [-0.05, 0) is 12.1 Å². The number of hydrogen-bond donors (Lipinski definition) is 1. The van der Waals surface area contributed by atoms with Crippen molar-refractivity contribution in [2.75, 3.05) is 12.4 Å². The third-order valence-electron chi connectivity index (χ3n) is 3.19.